The molecule has 1 aliphatic rings. The maximum absolute atomic E-state index is 12.9. The Hall–Kier alpha value is -1.34. The van der Waals surface area contributed by atoms with Crippen LogP contribution in [-0.4, -0.2) is 98.9 Å². The van der Waals surface area contributed by atoms with Gasteiger partial charge < -0.3 is 29.9 Å². The zero-order valence-corrected chi connectivity index (χ0v) is 17.4. The van der Waals surface area contributed by atoms with Gasteiger partial charge in [0.1, 0.15) is 18.3 Å². The van der Waals surface area contributed by atoms with Crippen LogP contribution in [0.3, 0.4) is 0 Å². The number of alkyl halides is 1. The van der Waals surface area contributed by atoms with Crippen molar-refractivity contribution >= 4 is 17.6 Å². The number of amides is 2. The fraction of sp³-hybridized carbons (Fsp3) is 0.824. The number of halogens is 1. The number of aliphatic hydroxyl groups excluding tert-OH is 3. The third-order valence-electron chi connectivity index (χ3n) is 4.44. The van der Waals surface area contributed by atoms with Crippen molar-refractivity contribution in [2.45, 2.75) is 57.0 Å². The van der Waals surface area contributed by atoms with E-state index >= 15 is 0 Å². The predicted octanol–water partition coefficient (Wildman–Crippen LogP) is 0.151. The summed E-state index contributed by atoms with van der Waals surface area (Å²) in [6.07, 6.45) is -5.29. The standard InChI is InChI=1S/C17H30ClN3O8/c1-4-5-8-28-15-17(26,14(24)13(23)12(10-22)29-15)20(9-11(2)3)16(25)21(19-27)7-6-18/h12-15,22-24,26H,2,4-10H2,1,3H3/t12-,13-,14+,15+,17+/m1/s1. The lowest BCUT2D eigenvalue weighted by Crippen LogP contribution is -2.75. The van der Waals surface area contributed by atoms with Gasteiger partial charge in [-0.25, -0.2) is 4.79 Å². The smallest absolute Gasteiger partial charge is 0.345 e. The molecule has 0 spiro atoms. The number of ether oxygens (including phenoxy) is 2. The molecular formula is C17H30ClN3O8. The average molecular weight is 440 g/mol. The molecule has 0 radical (unpaired) electrons. The van der Waals surface area contributed by atoms with Crippen molar-refractivity contribution < 1.29 is 34.7 Å². The molecule has 5 atom stereocenters. The van der Waals surface area contributed by atoms with Crippen molar-refractivity contribution in [3.63, 3.8) is 0 Å². The molecule has 1 rings (SSSR count). The van der Waals surface area contributed by atoms with Crippen LogP contribution in [0.5, 0.6) is 0 Å². The first-order chi connectivity index (χ1) is 13.7. The summed E-state index contributed by atoms with van der Waals surface area (Å²) < 4.78 is 11.0. The number of nitrogens with zero attached hydrogens (tertiary/aromatic N) is 3. The highest BCUT2D eigenvalue weighted by molar-refractivity contribution is 6.18. The van der Waals surface area contributed by atoms with Crippen LogP contribution >= 0.6 is 11.6 Å². The Morgan fingerprint density at radius 2 is 2.07 bits per heavy atom. The summed E-state index contributed by atoms with van der Waals surface area (Å²) in [7, 11) is 0. The molecule has 2 amide bonds. The minimum absolute atomic E-state index is 0.108. The average Bonchev–Trinajstić information content (AvgIpc) is 2.69. The maximum atomic E-state index is 12.9. The third-order valence-corrected chi connectivity index (χ3v) is 4.61. The van der Waals surface area contributed by atoms with E-state index in [1.165, 1.54) is 0 Å². The van der Waals surface area contributed by atoms with Gasteiger partial charge >= 0.3 is 6.03 Å². The van der Waals surface area contributed by atoms with Crippen molar-refractivity contribution in [2.75, 3.05) is 32.2 Å². The maximum Gasteiger partial charge on any atom is 0.345 e. The number of carbonyl (C=O) groups excluding carboxylic acids is 1. The molecule has 0 bridgehead atoms. The van der Waals surface area contributed by atoms with E-state index in [1.54, 1.807) is 6.92 Å². The van der Waals surface area contributed by atoms with Gasteiger partial charge in [-0.1, -0.05) is 25.5 Å². The zero-order chi connectivity index (χ0) is 22.2. The second kappa shape index (κ2) is 11.7. The van der Waals surface area contributed by atoms with Gasteiger partial charge in [-0.15, -0.1) is 16.5 Å². The van der Waals surface area contributed by atoms with Crippen LogP contribution in [0.2, 0.25) is 0 Å². The minimum Gasteiger partial charge on any atom is -0.394 e. The van der Waals surface area contributed by atoms with Gasteiger partial charge in [-0.3, -0.25) is 4.90 Å². The van der Waals surface area contributed by atoms with E-state index < -0.39 is 43.0 Å². The Morgan fingerprint density at radius 3 is 2.55 bits per heavy atom. The fourth-order valence-electron chi connectivity index (χ4n) is 2.88. The van der Waals surface area contributed by atoms with Crippen molar-refractivity contribution in [3.05, 3.63) is 17.1 Å². The number of urea groups is 1. The van der Waals surface area contributed by atoms with Crippen molar-refractivity contribution in [2.24, 2.45) is 5.29 Å². The molecule has 0 saturated carbocycles. The molecular weight excluding hydrogens is 410 g/mol. The number of nitroso groups, excluding NO2 is 1. The number of hydrogen-bond donors (Lipinski definition) is 4. The summed E-state index contributed by atoms with van der Waals surface area (Å²) >= 11 is 5.60. The highest BCUT2D eigenvalue weighted by atomic mass is 35.5. The Labute approximate surface area is 174 Å². The largest absolute Gasteiger partial charge is 0.394 e. The predicted molar refractivity (Wildman–Crippen MR) is 104 cm³/mol. The highest BCUT2D eigenvalue weighted by Crippen LogP contribution is 2.35. The molecule has 1 heterocycles. The van der Waals surface area contributed by atoms with Gasteiger partial charge in [-0.2, -0.15) is 5.01 Å². The highest BCUT2D eigenvalue weighted by Gasteiger charge is 2.60. The van der Waals surface area contributed by atoms with E-state index in [-0.39, 0.29) is 25.6 Å². The van der Waals surface area contributed by atoms with E-state index in [0.29, 0.717) is 21.9 Å². The normalized spacial score (nSPS) is 29.3. The lowest BCUT2D eigenvalue weighted by atomic mass is 9.91. The second-order valence-electron chi connectivity index (χ2n) is 6.85. The zero-order valence-electron chi connectivity index (χ0n) is 16.6. The number of hydrogen-bond acceptors (Lipinski definition) is 9. The Balaban J connectivity index is 3.39. The molecule has 1 aliphatic heterocycles. The number of rotatable bonds is 11. The topological polar surface area (TPSA) is 152 Å². The first-order valence-electron chi connectivity index (χ1n) is 9.28. The first-order valence-corrected chi connectivity index (χ1v) is 9.81. The second-order valence-corrected chi connectivity index (χ2v) is 7.23. The number of unbranched alkanes of at least 4 members (excludes halogenated alkanes) is 1. The molecule has 0 aromatic carbocycles. The molecule has 168 valence electrons. The summed E-state index contributed by atoms with van der Waals surface area (Å²) in [6, 6.07) is -1.09. The molecule has 0 aromatic rings. The minimum atomic E-state index is -2.61. The fourth-order valence-corrected chi connectivity index (χ4v) is 3.04. The van der Waals surface area contributed by atoms with Gasteiger partial charge in [-0.05, 0) is 13.3 Å². The Kier molecular flexibility index (Phi) is 10.4. The van der Waals surface area contributed by atoms with Crippen molar-refractivity contribution in [3.8, 4) is 0 Å². The summed E-state index contributed by atoms with van der Waals surface area (Å²) in [5.74, 6) is -0.110. The molecule has 0 unspecified atom stereocenters. The lowest BCUT2D eigenvalue weighted by Gasteiger charge is -2.52. The molecule has 0 aliphatic carbocycles. The van der Waals surface area contributed by atoms with Crippen LogP contribution in [0.15, 0.2) is 17.4 Å². The molecule has 0 aromatic heterocycles. The summed E-state index contributed by atoms with van der Waals surface area (Å²) in [6.45, 7) is 6.02. The third kappa shape index (κ3) is 5.85. The molecule has 1 fully saturated rings. The Bertz CT molecular complexity index is 569. The monoisotopic (exact) mass is 439 g/mol. The van der Waals surface area contributed by atoms with Crippen LogP contribution in [0.4, 0.5) is 4.79 Å². The van der Waals surface area contributed by atoms with Crippen LogP contribution in [-0.2, 0) is 9.47 Å². The van der Waals surface area contributed by atoms with E-state index in [2.05, 4.69) is 11.9 Å². The van der Waals surface area contributed by atoms with E-state index in [4.69, 9.17) is 21.1 Å². The molecule has 4 N–H and O–H groups in total. The summed E-state index contributed by atoms with van der Waals surface area (Å²) in [5.41, 5.74) is -2.22. The molecule has 29 heavy (non-hydrogen) atoms. The van der Waals surface area contributed by atoms with Crippen LogP contribution in [0.25, 0.3) is 0 Å². The lowest BCUT2D eigenvalue weighted by molar-refractivity contribution is -0.372. The van der Waals surface area contributed by atoms with Crippen molar-refractivity contribution in [1.82, 2.24) is 9.91 Å². The van der Waals surface area contributed by atoms with E-state index in [1.807, 2.05) is 6.92 Å². The Morgan fingerprint density at radius 1 is 1.41 bits per heavy atom. The first kappa shape index (κ1) is 25.7. The van der Waals surface area contributed by atoms with Crippen molar-refractivity contribution in [1.29, 1.82) is 0 Å². The van der Waals surface area contributed by atoms with Gasteiger partial charge in [0.05, 0.1) is 18.4 Å². The quantitative estimate of drug-likeness (QED) is 0.0886. The molecule has 11 nitrogen and oxygen atoms in total. The SMILES string of the molecule is C=C(C)CN(C(=O)N(CCCl)N=O)[C@@]1(O)[C@@H](OCCCC)O[C@H](CO)[C@@H](O)[C@@H]1O. The number of aliphatic hydroxyl groups is 4. The van der Waals surface area contributed by atoms with E-state index in [9.17, 15) is 30.1 Å². The van der Waals surface area contributed by atoms with Crippen LogP contribution < -0.4 is 0 Å². The van der Waals surface area contributed by atoms with Crippen LogP contribution in [0, 0.1) is 4.91 Å². The summed E-state index contributed by atoms with van der Waals surface area (Å²) in [5, 5.41) is 44.9. The van der Waals surface area contributed by atoms with E-state index in [0.717, 1.165) is 6.42 Å². The summed E-state index contributed by atoms with van der Waals surface area (Å²) in [4.78, 5) is 24.7. The van der Waals surface area contributed by atoms with Crippen LogP contribution in [0.1, 0.15) is 26.7 Å². The molecule has 1 saturated heterocycles. The van der Waals surface area contributed by atoms with Gasteiger partial charge in [0, 0.05) is 19.0 Å². The van der Waals surface area contributed by atoms with Gasteiger partial charge in [0.2, 0.25) is 12.0 Å². The van der Waals surface area contributed by atoms with Gasteiger partial charge in [0.25, 0.3) is 0 Å². The van der Waals surface area contributed by atoms with Gasteiger partial charge in [0.15, 0.2) is 0 Å². The molecule has 12 heteroatoms. The number of carbonyl (C=O) groups is 1.